The van der Waals surface area contributed by atoms with Crippen molar-refractivity contribution in [3.8, 4) is 0 Å². The summed E-state index contributed by atoms with van der Waals surface area (Å²) in [6, 6.07) is 7.45. The lowest BCUT2D eigenvalue weighted by atomic mass is 9.98. The quantitative estimate of drug-likeness (QED) is 0.605. The standard InChI is InChI=1S/C17H25FN2/c1-2-3-4-5-9-17(20-12-10-19-11-13-20)15-7-6-8-16(18)14-15/h2,6-8,14,17,19H,1,3-5,9-13H2/t17-/m0/s1. The van der Waals surface area contributed by atoms with Crippen LogP contribution in [0.25, 0.3) is 0 Å². The molecule has 1 saturated heterocycles. The Kier molecular flexibility index (Phi) is 6.22. The minimum atomic E-state index is -0.131. The molecule has 1 heterocycles. The molecule has 1 N–H and O–H groups in total. The molecule has 0 aromatic heterocycles. The molecule has 3 heteroatoms. The van der Waals surface area contributed by atoms with Crippen LogP contribution in [0.5, 0.6) is 0 Å². The summed E-state index contributed by atoms with van der Waals surface area (Å²) in [5.41, 5.74) is 1.12. The molecule has 1 fully saturated rings. The molecule has 0 amide bonds. The predicted molar refractivity (Wildman–Crippen MR) is 82.2 cm³/mol. The fourth-order valence-electron chi connectivity index (χ4n) is 2.89. The first-order valence-corrected chi connectivity index (χ1v) is 7.62. The third-order valence-electron chi connectivity index (χ3n) is 3.96. The third-order valence-corrected chi connectivity index (χ3v) is 3.96. The largest absolute Gasteiger partial charge is 0.314 e. The molecule has 2 nitrogen and oxygen atoms in total. The lowest BCUT2D eigenvalue weighted by Gasteiger charge is -2.35. The molecule has 0 spiro atoms. The summed E-state index contributed by atoms with van der Waals surface area (Å²) in [4.78, 5) is 2.49. The van der Waals surface area contributed by atoms with E-state index in [0.29, 0.717) is 6.04 Å². The summed E-state index contributed by atoms with van der Waals surface area (Å²) >= 11 is 0. The zero-order chi connectivity index (χ0) is 14.2. The summed E-state index contributed by atoms with van der Waals surface area (Å²) < 4.78 is 13.5. The molecule has 1 atom stereocenters. The molecule has 0 saturated carbocycles. The van der Waals surface area contributed by atoms with E-state index in [0.717, 1.165) is 51.0 Å². The Morgan fingerprint density at radius 2 is 2.10 bits per heavy atom. The highest BCUT2D eigenvalue weighted by atomic mass is 19.1. The van der Waals surface area contributed by atoms with E-state index in [9.17, 15) is 4.39 Å². The van der Waals surface area contributed by atoms with E-state index in [2.05, 4.69) is 22.9 Å². The molecule has 0 aliphatic carbocycles. The van der Waals surface area contributed by atoms with Crippen LogP contribution in [0.3, 0.4) is 0 Å². The molecule has 1 aliphatic rings. The van der Waals surface area contributed by atoms with Gasteiger partial charge in [-0.1, -0.05) is 24.6 Å². The second-order valence-electron chi connectivity index (χ2n) is 5.43. The zero-order valence-corrected chi connectivity index (χ0v) is 12.2. The number of hydrogen-bond donors (Lipinski definition) is 1. The molecule has 1 aliphatic heterocycles. The van der Waals surface area contributed by atoms with Gasteiger partial charge in [0.25, 0.3) is 0 Å². The zero-order valence-electron chi connectivity index (χ0n) is 12.2. The number of rotatable bonds is 7. The summed E-state index contributed by atoms with van der Waals surface area (Å²) in [5, 5.41) is 3.38. The topological polar surface area (TPSA) is 15.3 Å². The van der Waals surface area contributed by atoms with Gasteiger partial charge in [0, 0.05) is 32.2 Å². The molecule has 0 bridgehead atoms. The van der Waals surface area contributed by atoms with E-state index in [1.165, 1.54) is 12.5 Å². The number of allylic oxidation sites excluding steroid dienone is 1. The van der Waals surface area contributed by atoms with Gasteiger partial charge in [0.05, 0.1) is 0 Å². The number of nitrogens with zero attached hydrogens (tertiary/aromatic N) is 1. The van der Waals surface area contributed by atoms with Gasteiger partial charge < -0.3 is 5.32 Å². The van der Waals surface area contributed by atoms with Gasteiger partial charge in [-0.25, -0.2) is 4.39 Å². The molecule has 0 radical (unpaired) electrons. The van der Waals surface area contributed by atoms with Gasteiger partial charge in [-0.15, -0.1) is 6.58 Å². The van der Waals surface area contributed by atoms with E-state index >= 15 is 0 Å². The number of hydrogen-bond acceptors (Lipinski definition) is 2. The second-order valence-corrected chi connectivity index (χ2v) is 5.43. The van der Waals surface area contributed by atoms with Crippen LogP contribution in [0.1, 0.15) is 37.3 Å². The first kappa shape index (κ1) is 15.2. The van der Waals surface area contributed by atoms with Gasteiger partial charge in [0.15, 0.2) is 0 Å². The van der Waals surface area contributed by atoms with Gasteiger partial charge in [-0.05, 0) is 37.0 Å². The monoisotopic (exact) mass is 276 g/mol. The van der Waals surface area contributed by atoms with Crippen molar-refractivity contribution in [2.75, 3.05) is 26.2 Å². The molecule has 110 valence electrons. The maximum atomic E-state index is 13.5. The van der Waals surface area contributed by atoms with Crippen LogP contribution in [0.4, 0.5) is 4.39 Å². The van der Waals surface area contributed by atoms with Crippen LogP contribution in [-0.2, 0) is 0 Å². The molecule has 1 aromatic rings. The van der Waals surface area contributed by atoms with Crippen molar-refractivity contribution >= 4 is 0 Å². The van der Waals surface area contributed by atoms with Crippen molar-refractivity contribution < 1.29 is 4.39 Å². The molecule has 1 aromatic carbocycles. The minimum absolute atomic E-state index is 0.131. The molecule has 2 rings (SSSR count). The number of halogens is 1. The van der Waals surface area contributed by atoms with E-state index < -0.39 is 0 Å². The summed E-state index contributed by atoms with van der Waals surface area (Å²) in [5.74, 6) is -0.131. The Morgan fingerprint density at radius 3 is 2.80 bits per heavy atom. The first-order chi connectivity index (χ1) is 9.81. The van der Waals surface area contributed by atoms with Crippen molar-refractivity contribution in [2.45, 2.75) is 31.7 Å². The predicted octanol–water partition coefficient (Wildman–Crippen LogP) is 3.52. The normalized spacial score (nSPS) is 17.9. The highest BCUT2D eigenvalue weighted by molar-refractivity contribution is 5.20. The fourth-order valence-corrected chi connectivity index (χ4v) is 2.89. The summed E-state index contributed by atoms with van der Waals surface area (Å²) in [6.07, 6.45) is 6.47. The lowest BCUT2D eigenvalue weighted by molar-refractivity contribution is 0.162. The molecular weight excluding hydrogens is 251 g/mol. The first-order valence-electron chi connectivity index (χ1n) is 7.62. The number of piperazine rings is 1. The summed E-state index contributed by atoms with van der Waals surface area (Å²) in [7, 11) is 0. The van der Waals surface area contributed by atoms with E-state index in [4.69, 9.17) is 0 Å². The van der Waals surface area contributed by atoms with Crippen LogP contribution in [-0.4, -0.2) is 31.1 Å². The smallest absolute Gasteiger partial charge is 0.123 e. The van der Waals surface area contributed by atoms with Gasteiger partial charge >= 0.3 is 0 Å². The molecular formula is C17H25FN2. The number of unbranched alkanes of at least 4 members (excludes halogenated alkanes) is 2. The van der Waals surface area contributed by atoms with Crippen molar-refractivity contribution in [1.82, 2.24) is 10.2 Å². The average Bonchev–Trinajstić information content (AvgIpc) is 2.48. The van der Waals surface area contributed by atoms with Crippen LogP contribution < -0.4 is 5.32 Å². The Labute approximate surface area is 121 Å². The van der Waals surface area contributed by atoms with Crippen molar-refractivity contribution in [3.63, 3.8) is 0 Å². The maximum Gasteiger partial charge on any atom is 0.123 e. The summed E-state index contributed by atoms with van der Waals surface area (Å²) in [6.45, 7) is 7.91. The highest BCUT2D eigenvalue weighted by Crippen LogP contribution is 2.27. The molecule has 20 heavy (non-hydrogen) atoms. The molecule has 0 unspecified atom stereocenters. The maximum absolute atomic E-state index is 13.5. The number of nitrogens with one attached hydrogen (secondary N) is 1. The SMILES string of the molecule is C=CCCCC[C@@H](c1cccc(F)c1)N1CCNCC1. The van der Waals surface area contributed by atoms with Crippen molar-refractivity contribution in [1.29, 1.82) is 0 Å². The van der Waals surface area contributed by atoms with Crippen LogP contribution in [0.15, 0.2) is 36.9 Å². The second kappa shape index (κ2) is 8.18. The lowest BCUT2D eigenvalue weighted by Crippen LogP contribution is -2.45. The number of benzene rings is 1. The van der Waals surface area contributed by atoms with Crippen molar-refractivity contribution in [3.05, 3.63) is 48.3 Å². The van der Waals surface area contributed by atoms with Crippen LogP contribution in [0, 0.1) is 5.82 Å². The van der Waals surface area contributed by atoms with Crippen molar-refractivity contribution in [2.24, 2.45) is 0 Å². The van der Waals surface area contributed by atoms with Gasteiger partial charge in [0.1, 0.15) is 5.82 Å². The Bertz CT molecular complexity index is 413. The van der Waals surface area contributed by atoms with Crippen LogP contribution >= 0.6 is 0 Å². The van der Waals surface area contributed by atoms with E-state index in [-0.39, 0.29) is 5.82 Å². The average molecular weight is 276 g/mol. The van der Waals surface area contributed by atoms with Crippen LogP contribution in [0.2, 0.25) is 0 Å². The van der Waals surface area contributed by atoms with Gasteiger partial charge in [0.2, 0.25) is 0 Å². The highest BCUT2D eigenvalue weighted by Gasteiger charge is 2.21. The van der Waals surface area contributed by atoms with Gasteiger partial charge in [-0.2, -0.15) is 0 Å². The third kappa shape index (κ3) is 4.43. The van der Waals surface area contributed by atoms with E-state index in [1.807, 2.05) is 12.1 Å². The Morgan fingerprint density at radius 1 is 1.30 bits per heavy atom. The fraction of sp³-hybridized carbons (Fsp3) is 0.529. The van der Waals surface area contributed by atoms with E-state index in [1.54, 1.807) is 6.07 Å². The van der Waals surface area contributed by atoms with Gasteiger partial charge in [-0.3, -0.25) is 4.90 Å². The minimum Gasteiger partial charge on any atom is -0.314 e. The Balaban J connectivity index is 2.04. The Hall–Kier alpha value is -1.19.